The van der Waals surface area contributed by atoms with Crippen molar-refractivity contribution >= 4 is 50.9 Å². The van der Waals surface area contributed by atoms with Crippen LogP contribution in [0.3, 0.4) is 0 Å². The van der Waals surface area contributed by atoms with Gasteiger partial charge in [-0.2, -0.15) is 0 Å². The maximum atomic E-state index is 14.0. The van der Waals surface area contributed by atoms with E-state index in [0.717, 1.165) is 17.5 Å². The zero-order chi connectivity index (χ0) is 29.4. The van der Waals surface area contributed by atoms with Gasteiger partial charge in [-0.15, -0.1) is 10.2 Å². The number of rotatable bonds is 9. The molecule has 0 aliphatic carbocycles. The first kappa shape index (κ1) is 27.7. The number of aryl methyl sites for hydroxylation is 2. The highest BCUT2D eigenvalue weighted by molar-refractivity contribution is 8.00. The molecule has 0 spiro atoms. The molecule has 6 rings (SSSR count). The number of amides is 1. The van der Waals surface area contributed by atoms with Gasteiger partial charge in [0.15, 0.2) is 27.2 Å². The molecule has 0 fully saturated rings. The summed E-state index contributed by atoms with van der Waals surface area (Å²) in [6.07, 6.45) is 0.833. The quantitative estimate of drug-likeness (QED) is 0.108. The summed E-state index contributed by atoms with van der Waals surface area (Å²) in [5.41, 5.74) is 4.42. The molecule has 212 valence electrons. The predicted molar refractivity (Wildman–Crippen MR) is 163 cm³/mol. The van der Waals surface area contributed by atoms with Gasteiger partial charge in [0.1, 0.15) is 0 Å². The van der Waals surface area contributed by atoms with Crippen LogP contribution >= 0.6 is 23.1 Å². The summed E-state index contributed by atoms with van der Waals surface area (Å²) < 4.78 is 12.0. The van der Waals surface area contributed by atoms with Gasteiger partial charge in [0, 0.05) is 11.1 Å². The zero-order valence-electron chi connectivity index (χ0n) is 23.2. The number of aliphatic hydroxyl groups excluding tert-OH is 1. The summed E-state index contributed by atoms with van der Waals surface area (Å²) in [5.74, 6) is -0.792. The Labute approximate surface area is 250 Å². The number of methoxy groups -OCH3 is 1. The number of nitrogens with zero attached hydrogens (tertiary/aromatic N) is 3. The summed E-state index contributed by atoms with van der Waals surface area (Å²) in [6.45, 7) is 4.09. The number of thioether (sulfide) groups is 1. The molecule has 0 radical (unpaired) electrons. The number of benzene rings is 3. The number of hydrogen-bond acceptors (Lipinski definition) is 9. The van der Waals surface area contributed by atoms with Crippen LogP contribution in [0.4, 0.5) is 5.13 Å². The van der Waals surface area contributed by atoms with Crippen molar-refractivity contribution in [2.24, 2.45) is 0 Å². The molecule has 3 heterocycles. The highest BCUT2D eigenvalue weighted by Gasteiger charge is 2.46. The molecule has 1 aliphatic heterocycles. The van der Waals surface area contributed by atoms with Crippen LogP contribution < -0.4 is 9.64 Å². The van der Waals surface area contributed by atoms with Crippen LogP contribution in [0.2, 0.25) is 0 Å². The number of ketones is 1. The maximum absolute atomic E-state index is 14.0. The number of furan rings is 1. The van der Waals surface area contributed by atoms with Crippen molar-refractivity contribution in [3.05, 3.63) is 112 Å². The number of aromatic nitrogens is 2. The fourth-order valence-corrected chi connectivity index (χ4v) is 6.74. The molecule has 1 N–H and O–H groups in total. The number of fused-ring (bicyclic) bond motifs is 1. The van der Waals surface area contributed by atoms with E-state index in [2.05, 4.69) is 34.5 Å². The normalized spacial score (nSPS) is 15.2. The van der Waals surface area contributed by atoms with E-state index in [0.29, 0.717) is 32.4 Å². The smallest absolute Gasteiger partial charge is 0.296 e. The van der Waals surface area contributed by atoms with Crippen molar-refractivity contribution in [3.8, 4) is 5.75 Å². The summed E-state index contributed by atoms with van der Waals surface area (Å²) in [7, 11) is 1.52. The molecule has 1 unspecified atom stereocenters. The van der Waals surface area contributed by atoms with E-state index in [1.165, 1.54) is 40.7 Å². The SMILES string of the molecule is CCc1ccc(C2C(C(=O)c3cc4cccc(OC)c4o3)=C(O)C(=O)N2c2nnc(SCc3ccc(C)cc3)s2)cc1. The van der Waals surface area contributed by atoms with Crippen molar-refractivity contribution in [2.45, 2.75) is 36.4 Å². The van der Waals surface area contributed by atoms with E-state index in [-0.39, 0.29) is 16.5 Å². The summed E-state index contributed by atoms with van der Waals surface area (Å²) in [6, 6.07) is 21.9. The summed E-state index contributed by atoms with van der Waals surface area (Å²) in [4.78, 5) is 28.9. The molecule has 3 aromatic carbocycles. The monoisotopic (exact) mass is 597 g/mol. The minimum Gasteiger partial charge on any atom is -0.503 e. The molecule has 0 saturated heterocycles. The minimum atomic E-state index is -0.922. The van der Waals surface area contributed by atoms with Crippen molar-refractivity contribution in [1.29, 1.82) is 0 Å². The Morgan fingerprint density at radius 1 is 1.07 bits per heavy atom. The van der Waals surface area contributed by atoms with Gasteiger partial charge in [-0.05, 0) is 42.2 Å². The maximum Gasteiger partial charge on any atom is 0.296 e. The van der Waals surface area contributed by atoms with E-state index in [1.807, 2.05) is 38.1 Å². The lowest BCUT2D eigenvalue weighted by Crippen LogP contribution is -2.31. The second-order valence-corrected chi connectivity index (χ2v) is 12.1. The number of para-hydroxylation sites is 1. The third-order valence-electron chi connectivity index (χ3n) is 7.19. The third-order valence-corrected chi connectivity index (χ3v) is 9.32. The van der Waals surface area contributed by atoms with Gasteiger partial charge >= 0.3 is 0 Å². The first-order chi connectivity index (χ1) is 20.4. The number of anilines is 1. The van der Waals surface area contributed by atoms with Crippen LogP contribution in [0.1, 0.15) is 45.8 Å². The molecule has 42 heavy (non-hydrogen) atoms. The van der Waals surface area contributed by atoms with Gasteiger partial charge < -0.3 is 14.3 Å². The number of carbonyl (C=O) groups excluding carboxylic acids is 2. The molecule has 10 heteroatoms. The first-order valence-electron chi connectivity index (χ1n) is 13.4. The highest BCUT2D eigenvalue weighted by Crippen LogP contribution is 2.44. The molecule has 0 saturated carbocycles. The second-order valence-electron chi connectivity index (χ2n) is 9.88. The van der Waals surface area contributed by atoms with Crippen molar-refractivity contribution in [3.63, 3.8) is 0 Å². The Balaban J connectivity index is 1.37. The molecule has 1 amide bonds. The second kappa shape index (κ2) is 11.5. The number of hydrogen-bond donors (Lipinski definition) is 1. The van der Waals surface area contributed by atoms with Gasteiger partial charge in [-0.3, -0.25) is 14.5 Å². The first-order valence-corrected chi connectivity index (χ1v) is 15.2. The lowest BCUT2D eigenvalue weighted by Gasteiger charge is -2.24. The highest BCUT2D eigenvalue weighted by atomic mass is 32.2. The molecular weight excluding hydrogens is 571 g/mol. The molecule has 1 atom stereocenters. The third kappa shape index (κ3) is 5.08. The van der Waals surface area contributed by atoms with Crippen LogP contribution in [0.15, 0.2) is 92.9 Å². The van der Waals surface area contributed by atoms with E-state index in [4.69, 9.17) is 9.15 Å². The molecule has 0 bridgehead atoms. The number of carbonyl (C=O) groups is 2. The molecule has 5 aromatic rings. The zero-order valence-corrected chi connectivity index (χ0v) is 24.8. The molecule has 2 aromatic heterocycles. The Morgan fingerprint density at radius 2 is 1.81 bits per heavy atom. The number of ether oxygens (including phenoxy) is 1. The summed E-state index contributed by atoms with van der Waals surface area (Å²) >= 11 is 2.75. The Kier molecular flexibility index (Phi) is 7.57. The fourth-order valence-electron chi connectivity index (χ4n) is 4.91. The van der Waals surface area contributed by atoms with Gasteiger partial charge in [-0.25, -0.2) is 0 Å². The Bertz CT molecular complexity index is 1820. The van der Waals surface area contributed by atoms with Crippen molar-refractivity contribution in [1.82, 2.24) is 10.2 Å². The van der Waals surface area contributed by atoms with Crippen molar-refractivity contribution in [2.75, 3.05) is 12.0 Å². The molecule has 8 nitrogen and oxygen atoms in total. The van der Waals surface area contributed by atoms with E-state index >= 15 is 0 Å². The van der Waals surface area contributed by atoms with Gasteiger partial charge in [0.2, 0.25) is 10.9 Å². The van der Waals surface area contributed by atoms with E-state index in [1.54, 1.807) is 24.3 Å². The number of Topliss-reactive ketones (excluding diaryl/α,β-unsaturated/α-hetero) is 1. The average molecular weight is 598 g/mol. The predicted octanol–water partition coefficient (Wildman–Crippen LogP) is 7.24. The fraction of sp³-hybridized carbons (Fsp3) is 0.188. The van der Waals surface area contributed by atoms with Crippen LogP contribution in [-0.4, -0.2) is 34.1 Å². The van der Waals surface area contributed by atoms with Gasteiger partial charge in [0.05, 0.1) is 18.7 Å². The lowest BCUT2D eigenvalue weighted by atomic mass is 9.94. The topological polar surface area (TPSA) is 106 Å². The Morgan fingerprint density at radius 3 is 2.52 bits per heavy atom. The number of aliphatic hydroxyl groups is 1. The van der Waals surface area contributed by atoms with Gasteiger partial charge in [-0.1, -0.05) is 96.2 Å². The van der Waals surface area contributed by atoms with Crippen LogP contribution in [-0.2, 0) is 17.0 Å². The Hall–Kier alpha value is -4.41. The average Bonchev–Trinajstić information content (AvgIpc) is 3.73. The largest absolute Gasteiger partial charge is 0.503 e. The lowest BCUT2D eigenvalue weighted by molar-refractivity contribution is -0.117. The van der Waals surface area contributed by atoms with Crippen molar-refractivity contribution < 1.29 is 23.8 Å². The van der Waals surface area contributed by atoms with Crippen LogP contribution in [0.25, 0.3) is 11.0 Å². The van der Waals surface area contributed by atoms with Crippen LogP contribution in [0, 0.1) is 6.92 Å². The van der Waals surface area contributed by atoms with Crippen LogP contribution in [0.5, 0.6) is 5.75 Å². The van der Waals surface area contributed by atoms with E-state index in [9.17, 15) is 14.7 Å². The standard InChI is InChI=1S/C32H27N3O5S2/c1-4-19-12-14-21(15-13-19)26-25(27(36)24-16-22-6-5-7-23(39-3)29(22)40-24)28(37)30(38)35(26)31-33-34-32(42-31)41-17-20-10-8-18(2)9-11-20/h5-16,26,37H,4,17H2,1-3H3. The van der Waals surface area contributed by atoms with E-state index < -0.39 is 23.5 Å². The van der Waals surface area contributed by atoms with Gasteiger partial charge in [0.25, 0.3) is 5.91 Å². The molecule has 1 aliphatic rings. The minimum absolute atomic E-state index is 0.00696. The molecular formula is C32H27N3O5S2. The summed E-state index contributed by atoms with van der Waals surface area (Å²) in [5, 5.41) is 20.7.